The largest absolute Gasteiger partial charge is 0.352 e. The van der Waals surface area contributed by atoms with Crippen molar-refractivity contribution in [2.24, 2.45) is 0 Å². The summed E-state index contributed by atoms with van der Waals surface area (Å²) in [6, 6.07) is 10.9. The van der Waals surface area contributed by atoms with Gasteiger partial charge in [0.25, 0.3) is 5.91 Å². The second-order valence-corrected chi connectivity index (χ2v) is 5.46. The highest BCUT2D eigenvalue weighted by Gasteiger charge is 2.05. The predicted molar refractivity (Wildman–Crippen MR) is 90.8 cm³/mol. The number of carbonyl (C=O) groups excluding carboxylic acids is 1. The van der Waals surface area contributed by atoms with Gasteiger partial charge in [-0.25, -0.2) is 4.98 Å². The maximum absolute atomic E-state index is 11.9. The summed E-state index contributed by atoms with van der Waals surface area (Å²) in [6.07, 6.45) is 4.85. The Bertz CT molecular complexity index is 596. The van der Waals surface area contributed by atoms with E-state index < -0.39 is 0 Å². The van der Waals surface area contributed by atoms with Crippen molar-refractivity contribution in [3.8, 4) is 0 Å². The van der Waals surface area contributed by atoms with Crippen molar-refractivity contribution in [1.82, 2.24) is 10.3 Å². The molecule has 116 valence electrons. The predicted octanol–water partition coefficient (Wildman–Crippen LogP) is 4.40. The van der Waals surface area contributed by atoms with E-state index in [1.807, 2.05) is 24.3 Å². The van der Waals surface area contributed by atoms with Crippen LogP contribution in [0.3, 0.4) is 0 Å². The molecule has 2 N–H and O–H groups in total. The molecule has 0 spiro atoms. The van der Waals surface area contributed by atoms with Gasteiger partial charge in [0.05, 0.1) is 5.56 Å². The third-order valence-corrected chi connectivity index (χ3v) is 3.46. The van der Waals surface area contributed by atoms with Gasteiger partial charge in [-0.1, -0.05) is 31.4 Å². The van der Waals surface area contributed by atoms with E-state index in [4.69, 9.17) is 11.6 Å². The van der Waals surface area contributed by atoms with Gasteiger partial charge in [0.15, 0.2) is 0 Å². The fourth-order valence-electron chi connectivity index (χ4n) is 1.96. The van der Waals surface area contributed by atoms with E-state index in [1.54, 1.807) is 18.3 Å². The Balaban J connectivity index is 1.89. The summed E-state index contributed by atoms with van der Waals surface area (Å²) >= 11 is 5.84. The van der Waals surface area contributed by atoms with E-state index in [0.29, 0.717) is 22.9 Å². The first kappa shape index (κ1) is 16.3. The lowest BCUT2D eigenvalue weighted by molar-refractivity contribution is 0.0952. The molecule has 0 aliphatic rings. The molecule has 0 saturated carbocycles. The van der Waals surface area contributed by atoms with E-state index >= 15 is 0 Å². The number of nitrogens with zero attached hydrogens (tertiary/aromatic N) is 1. The molecule has 2 aromatic rings. The number of anilines is 2. The average Bonchev–Trinajstić information content (AvgIpc) is 2.54. The molecule has 22 heavy (non-hydrogen) atoms. The molecular weight excluding hydrogens is 298 g/mol. The molecule has 0 bridgehead atoms. The number of halogens is 1. The number of hydrogen-bond acceptors (Lipinski definition) is 3. The smallest absolute Gasteiger partial charge is 0.252 e. The molecule has 0 aliphatic heterocycles. The SMILES string of the molecule is CCCCCNC(=O)c1ccc(Nc2ccc(Cl)cc2)nc1. The maximum atomic E-state index is 11.9. The lowest BCUT2D eigenvalue weighted by Gasteiger charge is -2.07. The molecule has 2 rings (SSSR count). The van der Waals surface area contributed by atoms with Crippen molar-refractivity contribution >= 4 is 29.0 Å². The van der Waals surface area contributed by atoms with Gasteiger partial charge in [-0.15, -0.1) is 0 Å². The van der Waals surface area contributed by atoms with Crippen LogP contribution in [0.5, 0.6) is 0 Å². The Labute approximate surface area is 135 Å². The molecule has 0 fully saturated rings. The van der Waals surface area contributed by atoms with Crippen molar-refractivity contribution < 1.29 is 4.79 Å². The molecule has 0 unspecified atom stereocenters. The number of unbranched alkanes of at least 4 members (excludes halogenated alkanes) is 2. The van der Waals surface area contributed by atoms with Crippen LogP contribution in [0.1, 0.15) is 36.5 Å². The van der Waals surface area contributed by atoms with E-state index in [9.17, 15) is 4.79 Å². The van der Waals surface area contributed by atoms with Gasteiger partial charge in [0.1, 0.15) is 5.82 Å². The Morgan fingerprint density at radius 3 is 2.55 bits per heavy atom. The van der Waals surface area contributed by atoms with Gasteiger partial charge in [-0.05, 0) is 42.8 Å². The monoisotopic (exact) mass is 317 g/mol. The zero-order chi connectivity index (χ0) is 15.8. The number of benzene rings is 1. The molecule has 0 atom stereocenters. The lowest BCUT2D eigenvalue weighted by Crippen LogP contribution is -2.24. The molecule has 4 nitrogen and oxygen atoms in total. The fourth-order valence-corrected chi connectivity index (χ4v) is 2.09. The van der Waals surface area contributed by atoms with E-state index in [2.05, 4.69) is 22.5 Å². The second-order valence-electron chi connectivity index (χ2n) is 5.03. The summed E-state index contributed by atoms with van der Waals surface area (Å²) in [7, 11) is 0. The van der Waals surface area contributed by atoms with Crippen LogP contribution in [0, 0.1) is 0 Å². The molecule has 1 aromatic carbocycles. The highest BCUT2D eigenvalue weighted by atomic mass is 35.5. The molecule has 0 aliphatic carbocycles. The normalized spacial score (nSPS) is 10.3. The molecule has 1 heterocycles. The Hall–Kier alpha value is -2.07. The van der Waals surface area contributed by atoms with Gasteiger partial charge in [0, 0.05) is 23.5 Å². The van der Waals surface area contributed by atoms with E-state index in [0.717, 1.165) is 24.9 Å². The van der Waals surface area contributed by atoms with Crippen LogP contribution in [0.2, 0.25) is 5.02 Å². The number of pyridine rings is 1. The number of nitrogens with one attached hydrogen (secondary N) is 2. The standard InChI is InChI=1S/C17H20ClN3O/c1-2-3-4-11-19-17(22)13-5-10-16(20-12-13)21-15-8-6-14(18)7-9-15/h5-10,12H,2-4,11H2,1H3,(H,19,22)(H,20,21). The first-order valence-corrected chi connectivity index (χ1v) is 7.83. The van der Waals surface area contributed by atoms with Crippen LogP contribution < -0.4 is 10.6 Å². The number of amides is 1. The second kappa shape index (κ2) is 8.39. The van der Waals surface area contributed by atoms with E-state index in [-0.39, 0.29) is 5.91 Å². The summed E-state index contributed by atoms with van der Waals surface area (Å²) in [5.41, 5.74) is 1.46. The first-order valence-electron chi connectivity index (χ1n) is 7.46. The maximum Gasteiger partial charge on any atom is 0.252 e. The van der Waals surface area contributed by atoms with Crippen LogP contribution in [-0.2, 0) is 0 Å². The van der Waals surface area contributed by atoms with Crippen LogP contribution in [0.15, 0.2) is 42.6 Å². The molecule has 0 radical (unpaired) electrons. The van der Waals surface area contributed by atoms with Gasteiger partial charge in [-0.3, -0.25) is 4.79 Å². The zero-order valence-electron chi connectivity index (χ0n) is 12.6. The van der Waals surface area contributed by atoms with Gasteiger partial charge in [0.2, 0.25) is 0 Å². The lowest BCUT2D eigenvalue weighted by atomic mass is 10.2. The third kappa shape index (κ3) is 5.04. The van der Waals surface area contributed by atoms with E-state index in [1.165, 1.54) is 0 Å². The van der Waals surface area contributed by atoms with Gasteiger partial charge < -0.3 is 10.6 Å². The van der Waals surface area contributed by atoms with Crippen molar-refractivity contribution in [3.05, 3.63) is 53.2 Å². The van der Waals surface area contributed by atoms with Crippen LogP contribution in [-0.4, -0.2) is 17.4 Å². The number of aromatic nitrogens is 1. The number of hydrogen-bond donors (Lipinski definition) is 2. The van der Waals surface area contributed by atoms with Gasteiger partial charge in [-0.2, -0.15) is 0 Å². The van der Waals surface area contributed by atoms with Crippen LogP contribution >= 0.6 is 11.6 Å². The van der Waals surface area contributed by atoms with Crippen molar-refractivity contribution in [1.29, 1.82) is 0 Å². The van der Waals surface area contributed by atoms with Gasteiger partial charge >= 0.3 is 0 Å². The molecule has 0 saturated heterocycles. The first-order chi connectivity index (χ1) is 10.7. The molecule has 5 heteroatoms. The fraction of sp³-hybridized carbons (Fsp3) is 0.294. The van der Waals surface area contributed by atoms with Crippen LogP contribution in [0.4, 0.5) is 11.5 Å². The minimum absolute atomic E-state index is 0.0818. The molecule has 1 aromatic heterocycles. The summed E-state index contributed by atoms with van der Waals surface area (Å²) in [5, 5.41) is 6.74. The highest BCUT2D eigenvalue weighted by molar-refractivity contribution is 6.30. The molecule has 1 amide bonds. The zero-order valence-corrected chi connectivity index (χ0v) is 13.4. The summed E-state index contributed by atoms with van der Waals surface area (Å²) in [6.45, 7) is 2.84. The number of rotatable bonds is 7. The number of carbonyl (C=O) groups is 1. The van der Waals surface area contributed by atoms with Crippen molar-refractivity contribution in [3.63, 3.8) is 0 Å². The molecular formula is C17H20ClN3O. The average molecular weight is 318 g/mol. The summed E-state index contributed by atoms with van der Waals surface area (Å²) < 4.78 is 0. The third-order valence-electron chi connectivity index (χ3n) is 3.21. The van der Waals surface area contributed by atoms with Crippen molar-refractivity contribution in [2.45, 2.75) is 26.2 Å². The minimum Gasteiger partial charge on any atom is -0.352 e. The Morgan fingerprint density at radius 1 is 1.14 bits per heavy atom. The minimum atomic E-state index is -0.0818. The summed E-state index contributed by atoms with van der Waals surface area (Å²) in [4.78, 5) is 16.2. The van der Waals surface area contributed by atoms with Crippen molar-refractivity contribution in [2.75, 3.05) is 11.9 Å². The quantitative estimate of drug-likeness (QED) is 0.744. The summed E-state index contributed by atoms with van der Waals surface area (Å²) in [5.74, 6) is 0.603. The van der Waals surface area contributed by atoms with Crippen LogP contribution in [0.25, 0.3) is 0 Å². The Morgan fingerprint density at radius 2 is 1.91 bits per heavy atom. The highest BCUT2D eigenvalue weighted by Crippen LogP contribution is 2.17. The Kier molecular flexibility index (Phi) is 6.22. The topological polar surface area (TPSA) is 54.0 Å².